The molecule has 0 aliphatic carbocycles. The summed E-state index contributed by atoms with van der Waals surface area (Å²) < 4.78 is 0. The first-order chi connectivity index (χ1) is 10.3. The van der Waals surface area contributed by atoms with Crippen molar-refractivity contribution in [2.75, 3.05) is 25.0 Å². The topological polar surface area (TPSA) is 44.4 Å². The van der Waals surface area contributed by atoms with Crippen molar-refractivity contribution >= 4 is 36.4 Å². The van der Waals surface area contributed by atoms with Gasteiger partial charge in [0.25, 0.3) is 0 Å². The quantitative estimate of drug-likeness (QED) is 0.867. The second-order valence-electron chi connectivity index (χ2n) is 6.19. The zero-order valence-electron chi connectivity index (χ0n) is 13.6. The van der Waals surface area contributed by atoms with Gasteiger partial charge in [-0.05, 0) is 49.5 Å². The van der Waals surface area contributed by atoms with Gasteiger partial charge in [0.15, 0.2) is 0 Å². The number of hydrogen-bond donors (Lipinski definition) is 2. The van der Waals surface area contributed by atoms with Crippen LogP contribution in [0.15, 0.2) is 18.2 Å². The smallest absolute Gasteiger partial charge is 0.228 e. The van der Waals surface area contributed by atoms with E-state index in [-0.39, 0.29) is 36.6 Å². The number of piperidine rings is 1. The fourth-order valence-electron chi connectivity index (χ4n) is 3.39. The number of carbonyl (C=O) groups excluding carboxylic acids is 1. The highest BCUT2D eigenvalue weighted by molar-refractivity contribution is 5.93. The number of nitrogens with one attached hydrogen (secondary N) is 2. The van der Waals surface area contributed by atoms with E-state index >= 15 is 0 Å². The minimum Gasteiger partial charge on any atom is -0.325 e. The summed E-state index contributed by atoms with van der Waals surface area (Å²) in [5, 5.41) is 6.48. The lowest BCUT2D eigenvalue weighted by Crippen LogP contribution is -2.37. The molecule has 6 heteroatoms. The van der Waals surface area contributed by atoms with Gasteiger partial charge in [-0.15, -0.1) is 24.8 Å². The van der Waals surface area contributed by atoms with Gasteiger partial charge in [0.2, 0.25) is 5.91 Å². The van der Waals surface area contributed by atoms with Crippen molar-refractivity contribution < 1.29 is 4.79 Å². The van der Waals surface area contributed by atoms with Crippen molar-refractivity contribution in [2.24, 2.45) is 5.92 Å². The Bertz CT molecular complexity index is 519. The Morgan fingerprint density at radius 1 is 1.35 bits per heavy atom. The Labute approximate surface area is 151 Å². The maximum Gasteiger partial charge on any atom is 0.228 e. The third-order valence-corrected chi connectivity index (χ3v) is 4.51. The molecule has 2 aliphatic rings. The van der Waals surface area contributed by atoms with E-state index in [1.54, 1.807) is 0 Å². The first-order valence-electron chi connectivity index (χ1n) is 8.12. The van der Waals surface area contributed by atoms with Crippen LogP contribution in [0.25, 0.3) is 0 Å². The molecule has 0 bridgehead atoms. The van der Waals surface area contributed by atoms with Crippen LogP contribution in [0.1, 0.15) is 37.3 Å². The van der Waals surface area contributed by atoms with Gasteiger partial charge in [-0.2, -0.15) is 0 Å². The van der Waals surface area contributed by atoms with Gasteiger partial charge in [0, 0.05) is 25.3 Å². The maximum absolute atomic E-state index is 12.4. The predicted molar refractivity (Wildman–Crippen MR) is 99.6 cm³/mol. The molecule has 1 fully saturated rings. The summed E-state index contributed by atoms with van der Waals surface area (Å²) in [5.41, 5.74) is 3.69. The summed E-state index contributed by atoms with van der Waals surface area (Å²) in [5.74, 6) is 0.285. The standard InChI is InChI=1S/C17H25N3O.2ClH/c1-2-9-20-11-14-5-3-7-16(15(14)12-20)19-17(21)13-6-4-8-18-10-13;;/h3,5,7,13,18H,2,4,6,8-12H2,1H3,(H,19,21);2*1H. The molecule has 0 aromatic heterocycles. The molecule has 1 aromatic carbocycles. The van der Waals surface area contributed by atoms with Crippen LogP contribution in [-0.4, -0.2) is 30.4 Å². The molecule has 0 spiro atoms. The van der Waals surface area contributed by atoms with Gasteiger partial charge in [0.1, 0.15) is 0 Å². The second-order valence-corrected chi connectivity index (χ2v) is 6.19. The van der Waals surface area contributed by atoms with E-state index in [9.17, 15) is 4.79 Å². The number of rotatable bonds is 4. The normalized spacial score (nSPS) is 20.1. The number of benzene rings is 1. The molecule has 2 aliphatic heterocycles. The molecule has 3 rings (SSSR count). The van der Waals surface area contributed by atoms with E-state index in [2.05, 4.69) is 34.6 Å². The van der Waals surface area contributed by atoms with Crippen LogP contribution in [0.2, 0.25) is 0 Å². The molecule has 2 N–H and O–H groups in total. The first kappa shape index (κ1) is 20.2. The average Bonchev–Trinajstić information content (AvgIpc) is 2.92. The molecule has 130 valence electrons. The highest BCUT2D eigenvalue weighted by Crippen LogP contribution is 2.29. The highest BCUT2D eigenvalue weighted by atomic mass is 35.5. The summed E-state index contributed by atoms with van der Waals surface area (Å²) >= 11 is 0. The number of amides is 1. The molecule has 0 saturated carbocycles. The fraction of sp³-hybridized carbons (Fsp3) is 0.588. The van der Waals surface area contributed by atoms with Crippen molar-refractivity contribution in [3.8, 4) is 0 Å². The minimum absolute atomic E-state index is 0. The summed E-state index contributed by atoms with van der Waals surface area (Å²) in [6, 6.07) is 6.29. The summed E-state index contributed by atoms with van der Waals surface area (Å²) in [4.78, 5) is 14.9. The minimum atomic E-state index is 0. The molecular formula is C17H27Cl2N3O. The van der Waals surface area contributed by atoms with E-state index in [1.165, 1.54) is 17.5 Å². The number of halogens is 2. The number of fused-ring (bicyclic) bond motifs is 1. The second kappa shape index (κ2) is 9.48. The van der Waals surface area contributed by atoms with Crippen molar-refractivity contribution in [2.45, 2.75) is 39.3 Å². The molecule has 4 nitrogen and oxygen atoms in total. The molecule has 1 aromatic rings. The van der Waals surface area contributed by atoms with Crippen molar-refractivity contribution in [3.05, 3.63) is 29.3 Å². The Morgan fingerprint density at radius 3 is 2.87 bits per heavy atom. The van der Waals surface area contributed by atoms with E-state index < -0.39 is 0 Å². The average molecular weight is 360 g/mol. The zero-order chi connectivity index (χ0) is 14.7. The van der Waals surface area contributed by atoms with Crippen molar-refractivity contribution in [1.82, 2.24) is 10.2 Å². The number of carbonyl (C=O) groups is 1. The SMILES string of the molecule is CCCN1Cc2cccc(NC(=O)C3CCCNC3)c2C1.Cl.Cl. The van der Waals surface area contributed by atoms with Gasteiger partial charge in [0.05, 0.1) is 5.92 Å². The molecule has 0 radical (unpaired) electrons. The van der Waals surface area contributed by atoms with Crippen LogP contribution in [0, 0.1) is 5.92 Å². The Hall–Kier alpha value is -0.810. The van der Waals surface area contributed by atoms with E-state index in [0.717, 1.165) is 51.3 Å². The lowest BCUT2D eigenvalue weighted by atomic mass is 9.98. The fourth-order valence-corrected chi connectivity index (χ4v) is 3.39. The lowest BCUT2D eigenvalue weighted by Gasteiger charge is -2.22. The van der Waals surface area contributed by atoms with Crippen LogP contribution >= 0.6 is 24.8 Å². The number of anilines is 1. The highest BCUT2D eigenvalue weighted by Gasteiger charge is 2.24. The van der Waals surface area contributed by atoms with Gasteiger partial charge in [-0.3, -0.25) is 9.69 Å². The van der Waals surface area contributed by atoms with Crippen LogP contribution in [0.4, 0.5) is 5.69 Å². The largest absolute Gasteiger partial charge is 0.325 e. The van der Waals surface area contributed by atoms with Crippen molar-refractivity contribution in [3.63, 3.8) is 0 Å². The van der Waals surface area contributed by atoms with E-state index in [1.807, 2.05) is 6.07 Å². The summed E-state index contributed by atoms with van der Waals surface area (Å²) in [6.07, 6.45) is 3.26. The van der Waals surface area contributed by atoms with E-state index in [4.69, 9.17) is 0 Å². The predicted octanol–water partition coefficient (Wildman–Crippen LogP) is 3.19. The summed E-state index contributed by atoms with van der Waals surface area (Å²) in [6.45, 7) is 7.15. The third-order valence-electron chi connectivity index (χ3n) is 4.51. The molecule has 1 amide bonds. The van der Waals surface area contributed by atoms with Crippen LogP contribution in [0.5, 0.6) is 0 Å². The molecule has 1 atom stereocenters. The molecule has 2 heterocycles. The van der Waals surface area contributed by atoms with Crippen LogP contribution < -0.4 is 10.6 Å². The monoisotopic (exact) mass is 359 g/mol. The third kappa shape index (κ3) is 4.83. The summed E-state index contributed by atoms with van der Waals surface area (Å²) in [7, 11) is 0. The zero-order valence-corrected chi connectivity index (χ0v) is 15.3. The first-order valence-corrected chi connectivity index (χ1v) is 8.12. The van der Waals surface area contributed by atoms with Crippen LogP contribution in [0.3, 0.4) is 0 Å². The van der Waals surface area contributed by atoms with Gasteiger partial charge < -0.3 is 10.6 Å². The van der Waals surface area contributed by atoms with Gasteiger partial charge in [-0.1, -0.05) is 19.1 Å². The Balaban J connectivity index is 0.00000132. The van der Waals surface area contributed by atoms with E-state index in [0.29, 0.717) is 0 Å². The van der Waals surface area contributed by atoms with Gasteiger partial charge in [-0.25, -0.2) is 0 Å². The molecule has 1 saturated heterocycles. The number of nitrogens with zero attached hydrogens (tertiary/aromatic N) is 1. The Morgan fingerprint density at radius 2 is 2.17 bits per heavy atom. The lowest BCUT2D eigenvalue weighted by molar-refractivity contribution is -0.120. The Kier molecular flexibility index (Phi) is 8.34. The molecular weight excluding hydrogens is 333 g/mol. The van der Waals surface area contributed by atoms with Gasteiger partial charge >= 0.3 is 0 Å². The molecule has 23 heavy (non-hydrogen) atoms. The van der Waals surface area contributed by atoms with Crippen molar-refractivity contribution in [1.29, 1.82) is 0 Å². The number of hydrogen-bond acceptors (Lipinski definition) is 3. The molecule has 1 unspecified atom stereocenters. The van der Waals surface area contributed by atoms with Crippen LogP contribution in [-0.2, 0) is 17.9 Å². The maximum atomic E-state index is 12.4.